The molecule has 2 aromatic carbocycles. The second kappa shape index (κ2) is 9.87. The fourth-order valence-electron chi connectivity index (χ4n) is 2.15. The molecule has 150 valence electrons. The van der Waals surface area contributed by atoms with Crippen molar-refractivity contribution in [3.05, 3.63) is 56.5 Å². The Kier molecular flexibility index (Phi) is 7.80. The summed E-state index contributed by atoms with van der Waals surface area (Å²) >= 11 is 17.8. The van der Waals surface area contributed by atoms with Crippen molar-refractivity contribution >= 4 is 46.6 Å². The smallest absolute Gasteiger partial charge is 0.279 e. The van der Waals surface area contributed by atoms with Crippen LogP contribution < -0.4 is 20.3 Å². The summed E-state index contributed by atoms with van der Waals surface area (Å²) in [6.07, 6.45) is -0.902. The highest BCUT2D eigenvalue weighted by Crippen LogP contribution is 2.28. The molecule has 0 aliphatic rings. The first-order valence-corrected chi connectivity index (χ1v) is 9.41. The molecule has 0 aliphatic heterocycles. The molecule has 0 aromatic heterocycles. The van der Waals surface area contributed by atoms with Crippen LogP contribution in [0.5, 0.6) is 11.5 Å². The molecule has 0 radical (unpaired) electrons. The number of hydrogen-bond donors (Lipinski definition) is 2. The van der Waals surface area contributed by atoms with E-state index in [4.69, 9.17) is 44.3 Å². The van der Waals surface area contributed by atoms with Crippen LogP contribution in [-0.2, 0) is 9.59 Å². The van der Waals surface area contributed by atoms with Gasteiger partial charge in [-0.2, -0.15) is 0 Å². The number of rotatable bonds is 6. The van der Waals surface area contributed by atoms with Crippen LogP contribution in [0.2, 0.25) is 15.1 Å². The summed E-state index contributed by atoms with van der Waals surface area (Å²) in [5, 5.41) is 1.35. The van der Waals surface area contributed by atoms with Crippen molar-refractivity contribution in [1.29, 1.82) is 0 Å². The number of carbonyl (C=O) groups excluding carboxylic acids is 2. The van der Waals surface area contributed by atoms with Crippen molar-refractivity contribution in [2.75, 3.05) is 6.61 Å². The van der Waals surface area contributed by atoms with E-state index in [-0.39, 0.29) is 11.6 Å². The number of halogens is 3. The van der Waals surface area contributed by atoms with Gasteiger partial charge in [0.15, 0.2) is 12.7 Å². The summed E-state index contributed by atoms with van der Waals surface area (Å²) in [6, 6.07) is 8.02. The monoisotopic (exact) mass is 444 g/mol. The Morgan fingerprint density at radius 2 is 1.64 bits per heavy atom. The molecule has 28 heavy (non-hydrogen) atoms. The van der Waals surface area contributed by atoms with Gasteiger partial charge in [-0.3, -0.25) is 20.4 Å². The molecule has 0 saturated carbocycles. The van der Waals surface area contributed by atoms with Gasteiger partial charge in [-0.25, -0.2) is 0 Å². The zero-order valence-corrected chi connectivity index (χ0v) is 17.7. The topological polar surface area (TPSA) is 76.7 Å². The summed E-state index contributed by atoms with van der Waals surface area (Å²) < 4.78 is 10.9. The lowest BCUT2D eigenvalue weighted by Crippen LogP contribution is -2.48. The SMILES string of the molecule is Cc1c(Cl)ccc(OCC(=O)NNC(=O)[C@H](C)Oc2ccc(Cl)cc2Cl)c1C. The van der Waals surface area contributed by atoms with E-state index in [2.05, 4.69) is 10.9 Å². The lowest BCUT2D eigenvalue weighted by atomic mass is 10.1. The van der Waals surface area contributed by atoms with E-state index in [9.17, 15) is 9.59 Å². The van der Waals surface area contributed by atoms with Crippen LogP contribution in [0.15, 0.2) is 30.3 Å². The van der Waals surface area contributed by atoms with Gasteiger partial charge < -0.3 is 9.47 Å². The lowest BCUT2D eigenvalue weighted by molar-refractivity contribution is -0.133. The number of benzene rings is 2. The molecule has 0 saturated heterocycles. The molecule has 2 N–H and O–H groups in total. The van der Waals surface area contributed by atoms with Gasteiger partial charge in [-0.15, -0.1) is 0 Å². The van der Waals surface area contributed by atoms with E-state index in [1.54, 1.807) is 24.3 Å². The Hall–Kier alpha value is -2.15. The molecule has 2 aromatic rings. The standard InChI is InChI=1S/C19H19Cl3N2O4/c1-10-11(2)16(7-5-14(10)21)27-9-18(25)23-24-19(26)12(3)28-17-6-4-13(20)8-15(17)22/h4-8,12H,9H2,1-3H3,(H,23,25)(H,24,26)/t12-/m0/s1. The maximum atomic E-state index is 12.1. The Labute approximate surface area is 178 Å². The molecule has 6 nitrogen and oxygen atoms in total. The van der Waals surface area contributed by atoms with Gasteiger partial charge in [0.25, 0.3) is 11.8 Å². The molecular formula is C19H19Cl3N2O4. The first-order valence-electron chi connectivity index (χ1n) is 8.28. The molecule has 0 unspecified atom stereocenters. The zero-order chi connectivity index (χ0) is 20.8. The molecule has 1 atom stereocenters. The maximum Gasteiger partial charge on any atom is 0.279 e. The van der Waals surface area contributed by atoms with Crippen LogP contribution in [0.3, 0.4) is 0 Å². The van der Waals surface area contributed by atoms with Gasteiger partial charge in [-0.1, -0.05) is 34.8 Å². The number of carbonyl (C=O) groups is 2. The largest absolute Gasteiger partial charge is 0.483 e. The summed E-state index contributed by atoms with van der Waals surface area (Å²) in [6.45, 7) is 4.94. The van der Waals surface area contributed by atoms with Crippen molar-refractivity contribution in [3.8, 4) is 11.5 Å². The van der Waals surface area contributed by atoms with E-state index in [1.165, 1.54) is 13.0 Å². The molecule has 0 fully saturated rings. The van der Waals surface area contributed by atoms with Crippen LogP contribution in [0.1, 0.15) is 18.1 Å². The summed E-state index contributed by atoms with van der Waals surface area (Å²) in [7, 11) is 0. The number of nitrogens with one attached hydrogen (secondary N) is 2. The van der Waals surface area contributed by atoms with Crippen molar-refractivity contribution in [3.63, 3.8) is 0 Å². The quantitative estimate of drug-likeness (QED) is 0.652. The second-order valence-corrected chi connectivity index (χ2v) is 7.21. The molecule has 0 heterocycles. The van der Waals surface area contributed by atoms with E-state index >= 15 is 0 Å². The van der Waals surface area contributed by atoms with E-state index < -0.39 is 17.9 Å². The molecule has 2 rings (SSSR count). The van der Waals surface area contributed by atoms with Crippen LogP contribution >= 0.6 is 34.8 Å². The summed E-state index contributed by atoms with van der Waals surface area (Å²) in [5.41, 5.74) is 6.25. The highest BCUT2D eigenvalue weighted by Gasteiger charge is 2.17. The van der Waals surface area contributed by atoms with Crippen molar-refractivity contribution in [2.45, 2.75) is 26.9 Å². The zero-order valence-electron chi connectivity index (χ0n) is 15.4. The highest BCUT2D eigenvalue weighted by atomic mass is 35.5. The number of hydrazine groups is 1. The predicted octanol–water partition coefficient (Wildman–Crippen LogP) is 4.26. The molecule has 2 amide bonds. The van der Waals surface area contributed by atoms with Gasteiger partial charge in [-0.05, 0) is 62.2 Å². The van der Waals surface area contributed by atoms with Crippen molar-refractivity contribution in [2.24, 2.45) is 0 Å². The average molecular weight is 446 g/mol. The van der Waals surface area contributed by atoms with Gasteiger partial charge in [0.2, 0.25) is 0 Å². The van der Waals surface area contributed by atoms with Crippen LogP contribution in [0.4, 0.5) is 0 Å². The average Bonchev–Trinajstić information content (AvgIpc) is 2.65. The minimum Gasteiger partial charge on any atom is -0.483 e. The molecule has 0 bridgehead atoms. The Bertz CT molecular complexity index is 890. The van der Waals surface area contributed by atoms with Crippen LogP contribution in [0.25, 0.3) is 0 Å². The predicted molar refractivity (Wildman–Crippen MR) is 109 cm³/mol. The summed E-state index contributed by atoms with van der Waals surface area (Å²) in [5.74, 6) is -0.246. The third-order valence-corrected chi connectivity index (χ3v) is 4.86. The fourth-order valence-corrected chi connectivity index (χ4v) is 2.80. The van der Waals surface area contributed by atoms with E-state index in [1.807, 2.05) is 13.8 Å². The first kappa shape index (κ1) is 22.1. The van der Waals surface area contributed by atoms with Crippen molar-refractivity contribution in [1.82, 2.24) is 10.9 Å². The van der Waals surface area contributed by atoms with Gasteiger partial charge in [0, 0.05) is 10.0 Å². The maximum absolute atomic E-state index is 12.1. The third-order valence-electron chi connectivity index (χ3n) is 3.92. The van der Waals surface area contributed by atoms with E-state index in [0.29, 0.717) is 21.5 Å². The number of amides is 2. The third kappa shape index (κ3) is 5.92. The second-order valence-electron chi connectivity index (χ2n) is 5.96. The Balaban J connectivity index is 1.81. The molecular weight excluding hydrogens is 427 g/mol. The van der Waals surface area contributed by atoms with Gasteiger partial charge in [0.05, 0.1) is 5.02 Å². The Morgan fingerprint density at radius 3 is 2.32 bits per heavy atom. The van der Waals surface area contributed by atoms with E-state index in [0.717, 1.165) is 11.1 Å². The van der Waals surface area contributed by atoms with Gasteiger partial charge >= 0.3 is 0 Å². The minimum absolute atomic E-state index is 0.276. The minimum atomic E-state index is -0.902. The lowest BCUT2D eigenvalue weighted by Gasteiger charge is -2.16. The van der Waals surface area contributed by atoms with Crippen LogP contribution in [-0.4, -0.2) is 24.5 Å². The Morgan fingerprint density at radius 1 is 0.964 bits per heavy atom. The highest BCUT2D eigenvalue weighted by molar-refractivity contribution is 6.35. The van der Waals surface area contributed by atoms with Crippen LogP contribution in [0, 0.1) is 13.8 Å². The molecule has 9 heteroatoms. The molecule has 0 aliphatic carbocycles. The molecule has 0 spiro atoms. The van der Waals surface area contributed by atoms with Gasteiger partial charge in [0.1, 0.15) is 11.5 Å². The van der Waals surface area contributed by atoms with Crippen molar-refractivity contribution < 1.29 is 19.1 Å². The first-order chi connectivity index (χ1) is 13.2. The normalized spacial score (nSPS) is 11.5. The summed E-state index contributed by atoms with van der Waals surface area (Å²) in [4.78, 5) is 24.0. The number of ether oxygens (including phenoxy) is 2. The number of hydrogen-bond acceptors (Lipinski definition) is 4. The fraction of sp³-hybridized carbons (Fsp3) is 0.263.